The van der Waals surface area contributed by atoms with E-state index in [9.17, 15) is 4.79 Å². The van der Waals surface area contributed by atoms with Crippen LogP contribution in [0.3, 0.4) is 0 Å². The lowest BCUT2D eigenvalue weighted by molar-refractivity contribution is -0.150. The number of cyclic esters (lactones) is 1. The summed E-state index contributed by atoms with van der Waals surface area (Å²) in [6.07, 6.45) is -4.92. The first kappa shape index (κ1) is 9.91. The predicted octanol–water partition coefficient (Wildman–Crippen LogP) is -1.61. The number of aliphatic hydroxyl groups is 3. The van der Waals surface area contributed by atoms with Crippen molar-refractivity contribution in [3.05, 3.63) is 0 Å². The molecular weight excluding hydrogens is 232 g/mol. The maximum Gasteiger partial charge on any atom is 0.338 e. The van der Waals surface area contributed by atoms with Gasteiger partial charge in [0, 0.05) is 5.33 Å². The van der Waals surface area contributed by atoms with Crippen molar-refractivity contribution in [1.29, 1.82) is 0 Å². The van der Waals surface area contributed by atoms with Crippen molar-refractivity contribution in [3.8, 4) is 0 Å². The van der Waals surface area contributed by atoms with Crippen molar-refractivity contribution < 1.29 is 24.9 Å². The SMILES string of the molecule is O=C1O[C@H]([C@@H](O)CBr)[C@@H](O)[C@@H]1O. The molecule has 12 heavy (non-hydrogen) atoms. The molecule has 1 aliphatic rings. The molecule has 0 amide bonds. The lowest BCUT2D eigenvalue weighted by atomic mass is 10.1. The molecule has 1 rings (SSSR count). The largest absolute Gasteiger partial charge is 0.455 e. The highest BCUT2D eigenvalue weighted by Crippen LogP contribution is 2.19. The maximum absolute atomic E-state index is 10.7. The smallest absolute Gasteiger partial charge is 0.338 e. The standard InChI is InChI=1S/C6H9BrO5/c7-1-2(8)5-3(9)4(10)6(11)12-5/h2-5,8-10H,1H2/t2-,3-,4-,5+/m0/s1. The number of ether oxygens (including phenoxy) is 1. The van der Waals surface area contributed by atoms with Gasteiger partial charge in [0.2, 0.25) is 0 Å². The Morgan fingerprint density at radius 3 is 2.50 bits per heavy atom. The van der Waals surface area contributed by atoms with Gasteiger partial charge in [0.05, 0.1) is 0 Å². The highest BCUT2D eigenvalue weighted by molar-refractivity contribution is 9.09. The first-order valence-corrected chi connectivity index (χ1v) is 4.50. The summed E-state index contributed by atoms with van der Waals surface area (Å²) < 4.78 is 4.52. The molecule has 0 radical (unpaired) electrons. The van der Waals surface area contributed by atoms with Crippen LogP contribution < -0.4 is 0 Å². The quantitative estimate of drug-likeness (QED) is 0.400. The van der Waals surface area contributed by atoms with Gasteiger partial charge < -0.3 is 20.1 Å². The molecular formula is C6H9BrO5. The van der Waals surface area contributed by atoms with Crippen LogP contribution >= 0.6 is 15.9 Å². The molecule has 4 atom stereocenters. The zero-order valence-electron chi connectivity index (χ0n) is 6.05. The van der Waals surface area contributed by atoms with Crippen LogP contribution in [0.15, 0.2) is 0 Å². The molecule has 0 saturated carbocycles. The summed E-state index contributed by atoms with van der Waals surface area (Å²) in [7, 11) is 0. The monoisotopic (exact) mass is 240 g/mol. The molecule has 6 heteroatoms. The van der Waals surface area contributed by atoms with E-state index in [0.29, 0.717) is 0 Å². The normalized spacial score (nSPS) is 38.0. The third kappa shape index (κ3) is 1.61. The van der Waals surface area contributed by atoms with E-state index < -0.39 is 30.4 Å². The molecule has 0 aliphatic carbocycles. The highest BCUT2D eigenvalue weighted by Gasteiger charge is 2.45. The zero-order valence-corrected chi connectivity index (χ0v) is 7.64. The van der Waals surface area contributed by atoms with Crippen LogP contribution in [-0.2, 0) is 9.53 Å². The average Bonchev–Trinajstić information content (AvgIpc) is 2.32. The molecule has 1 heterocycles. The van der Waals surface area contributed by atoms with E-state index in [1.165, 1.54) is 0 Å². The van der Waals surface area contributed by atoms with E-state index in [2.05, 4.69) is 20.7 Å². The Kier molecular flexibility index (Phi) is 3.05. The molecule has 1 saturated heterocycles. The summed E-state index contributed by atoms with van der Waals surface area (Å²) in [5, 5.41) is 27.4. The van der Waals surface area contributed by atoms with Gasteiger partial charge in [-0.15, -0.1) is 0 Å². The summed E-state index contributed by atoms with van der Waals surface area (Å²) in [5.41, 5.74) is 0. The van der Waals surface area contributed by atoms with Crippen LogP contribution in [0.5, 0.6) is 0 Å². The van der Waals surface area contributed by atoms with E-state index in [0.717, 1.165) is 0 Å². The van der Waals surface area contributed by atoms with Gasteiger partial charge in [-0.05, 0) is 0 Å². The number of hydrogen-bond acceptors (Lipinski definition) is 5. The Bertz CT molecular complexity index is 185. The molecule has 0 aromatic carbocycles. The third-order valence-electron chi connectivity index (χ3n) is 1.69. The number of hydrogen-bond donors (Lipinski definition) is 3. The van der Waals surface area contributed by atoms with Crippen molar-refractivity contribution >= 4 is 21.9 Å². The van der Waals surface area contributed by atoms with Crippen molar-refractivity contribution in [3.63, 3.8) is 0 Å². The fourth-order valence-electron chi connectivity index (χ4n) is 0.987. The molecule has 0 bridgehead atoms. The van der Waals surface area contributed by atoms with E-state index in [1.807, 2.05) is 0 Å². The van der Waals surface area contributed by atoms with E-state index in [4.69, 9.17) is 15.3 Å². The van der Waals surface area contributed by atoms with Gasteiger partial charge in [-0.2, -0.15) is 0 Å². The molecule has 70 valence electrons. The summed E-state index contributed by atoms with van der Waals surface area (Å²) in [4.78, 5) is 10.7. The van der Waals surface area contributed by atoms with Gasteiger partial charge in [0.25, 0.3) is 0 Å². The van der Waals surface area contributed by atoms with Gasteiger partial charge in [0.15, 0.2) is 12.2 Å². The van der Waals surface area contributed by atoms with Crippen LogP contribution in [0, 0.1) is 0 Å². The second-order valence-corrected chi connectivity index (χ2v) is 3.21. The first-order chi connectivity index (χ1) is 5.57. The van der Waals surface area contributed by atoms with Crippen LogP contribution in [0.25, 0.3) is 0 Å². The fraction of sp³-hybridized carbons (Fsp3) is 0.833. The predicted molar refractivity (Wildman–Crippen MR) is 41.7 cm³/mol. The lowest BCUT2D eigenvalue weighted by Gasteiger charge is -2.17. The Hall–Kier alpha value is -0.170. The maximum atomic E-state index is 10.7. The number of alkyl halides is 1. The fourth-order valence-corrected chi connectivity index (χ4v) is 1.36. The van der Waals surface area contributed by atoms with Crippen LogP contribution in [0.2, 0.25) is 0 Å². The Labute approximate surface area is 77.1 Å². The summed E-state index contributed by atoms with van der Waals surface area (Å²) in [5.74, 6) is -0.896. The molecule has 0 aromatic rings. The van der Waals surface area contributed by atoms with Gasteiger partial charge in [-0.3, -0.25) is 0 Å². The van der Waals surface area contributed by atoms with Crippen molar-refractivity contribution in [2.45, 2.75) is 24.4 Å². The second-order valence-electron chi connectivity index (χ2n) is 2.56. The minimum absolute atomic E-state index is 0.175. The van der Waals surface area contributed by atoms with E-state index in [1.54, 1.807) is 0 Å². The summed E-state index contributed by atoms with van der Waals surface area (Å²) in [6.45, 7) is 0. The number of carbonyl (C=O) groups excluding carboxylic acids is 1. The zero-order chi connectivity index (χ0) is 9.30. The minimum atomic E-state index is -1.54. The van der Waals surface area contributed by atoms with E-state index >= 15 is 0 Å². The van der Waals surface area contributed by atoms with Crippen molar-refractivity contribution in [2.75, 3.05) is 5.33 Å². The topological polar surface area (TPSA) is 87.0 Å². The van der Waals surface area contributed by atoms with Gasteiger partial charge in [-0.25, -0.2) is 4.79 Å². The number of esters is 1. The second kappa shape index (κ2) is 3.69. The lowest BCUT2D eigenvalue weighted by Crippen LogP contribution is -2.39. The Morgan fingerprint density at radius 1 is 1.58 bits per heavy atom. The average molecular weight is 241 g/mol. The molecule has 0 aromatic heterocycles. The van der Waals surface area contributed by atoms with Crippen LogP contribution in [-0.4, -0.2) is 51.0 Å². The Balaban J connectivity index is 2.64. The van der Waals surface area contributed by atoms with E-state index in [-0.39, 0.29) is 5.33 Å². The number of carbonyl (C=O) groups is 1. The molecule has 0 spiro atoms. The van der Waals surface area contributed by atoms with Crippen LogP contribution in [0.4, 0.5) is 0 Å². The minimum Gasteiger partial charge on any atom is -0.455 e. The molecule has 5 nitrogen and oxygen atoms in total. The first-order valence-electron chi connectivity index (χ1n) is 3.38. The summed E-state index contributed by atoms with van der Waals surface area (Å²) in [6, 6.07) is 0. The number of rotatable bonds is 2. The van der Waals surface area contributed by atoms with Gasteiger partial charge >= 0.3 is 5.97 Å². The van der Waals surface area contributed by atoms with Gasteiger partial charge in [0.1, 0.15) is 12.2 Å². The number of halogens is 1. The third-order valence-corrected chi connectivity index (χ3v) is 2.35. The Morgan fingerprint density at radius 2 is 2.17 bits per heavy atom. The summed E-state index contributed by atoms with van der Waals surface area (Å²) >= 11 is 2.96. The molecule has 1 fully saturated rings. The van der Waals surface area contributed by atoms with Crippen molar-refractivity contribution in [2.24, 2.45) is 0 Å². The molecule has 3 N–H and O–H groups in total. The van der Waals surface area contributed by atoms with Crippen LogP contribution in [0.1, 0.15) is 0 Å². The highest BCUT2D eigenvalue weighted by atomic mass is 79.9. The molecule has 1 aliphatic heterocycles. The number of aliphatic hydroxyl groups excluding tert-OH is 3. The van der Waals surface area contributed by atoms with Gasteiger partial charge in [-0.1, -0.05) is 15.9 Å². The molecule has 0 unspecified atom stereocenters. The van der Waals surface area contributed by atoms with Crippen molar-refractivity contribution in [1.82, 2.24) is 0 Å².